The number of carbonyl (C=O) groups is 1. The number of halogens is 3. The van der Waals surface area contributed by atoms with Gasteiger partial charge in [-0.15, -0.1) is 0 Å². The fourth-order valence-electron chi connectivity index (χ4n) is 2.33. The molecule has 1 amide bonds. The fourth-order valence-corrected chi connectivity index (χ4v) is 2.33. The number of hydrogen-bond donors (Lipinski definition) is 3. The molecule has 0 aliphatic carbocycles. The van der Waals surface area contributed by atoms with E-state index in [0.29, 0.717) is 19.4 Å². The van der Waals surface area contributed by atoms with Crippen LogP contribution in [-0.2, 0) is 11.0 Å². The first-order chi connectivity index (χ1) is 9.81. The number of anilines is 2. The number of alkyl halides is 3. The number of pyridine rings is 1. The lowest BCUT2D eigenvalue weighted by Gasteiger charge is -2.32. The van der Waals surface area contributed by atoms with E-state index < -0.39 is 17.6 Å². The van der Waals surface area contributed by atoms with Crippen LogP contribution in [0.15, 0.2) is 12.1 Å². The Hall–Kier alpha value is -2.03. The highest BCUT2D eigenvalue weighted by atomic mass is 19.4. The first-order valence-electron chi connectivity index (χ1n) is 6.41. The molecule has 1 aromatic heterocycles. The average Bonchev–Trinajstić information content (AvgIpc) is 2.46. The van der Waals surface area contributed by atoms with Gasteiger partial charge in [-0.25, -0.2) is 10.8 Å². The Balaban J connectivity index is 2.32. The smallest absolute Gasteiger partial charge is 0.369 e. The number of carbonyl (C=O) groups excluding carboxylic acids is 1. The molecule has 1 atom stereocenters. The Morgan fingerprint density at radius 1 is 1.43 bits per heavy atom. The first-order valence-corrected chi connectivity index (χ1v) is 6.41. The molecule has 2 heterocycles. The van der Waals surface area contributed by atoms with Crippen molar-refractivity contribution >= 4 is 17.5 Å². The van der Waals surface area contributed by atoms with Crippen molar-refractivity contribution in [1.29, 1.82) is 0 Å². The molecule has 0 bridgehead atoms. The Morgan fingerprint density at radius 3 is 2.71 bits per heavy atom. The van der Waals surface area contributed by atoms with Gasteiger partial charge >= 0.3 is 6.18 Å². The van der Waals surface area contributed by atoms with Crippen molar-refractivity contribution in [3.63, 3.8) is 0 Å². The summed E-state index contributed by atoms with van der Waals surface area (Å²) in [5, 5.41) is 0. The number of aromatic nitrogens is 1. The summed E-state index contributed by atoms with van der Waals surface area (Å²) < 4.78 is 38.6. The van der Waals surface area contributed by atoms with Crippen LogP contribution in [0.1, 0.15) is 18.4 Å². The third-order valence-electron chi connectivity index (χ3n) is 3.43. The molecule has 5 N–H and O–H groups in total. The van der Waals surface area contributed by atoms with E-state index in [0.717, 1.165) is 12.1 Å². The van der Waals surface area contributed by atoms with Crippen LogP contribution in [0, 0.1) is 5.92 Å². The molecule has 0 saturated carbocycles. The molecule has 1 fully saturated rings. The van der Waals surface area contributed by atoms with Crippen LogP contribution in [0.4, 0.5) is 24.8 Å². The number of primary amides is 1. The van der Waals surface area contributed by atoms with Gasteiger partial charge in [0.15, 0.2) is 0 Å². The zero-order valence-electron chi connectivity index (χ0n) is 11.2. The maximum absolute atomic E-state index is 12.9. The number of nitrogens with two attached hydrogens (primary N) is 2. The van der Waals surface area contributed by atoms with E-state index in [4.69, 9.17) is 11.6 Å². The van der Waals surface area contributed by atoms with Crippen molar-refractivity contribution in [3.8, 4) is 0 Å². The molecule has 116 valence electrons. The van der Waals surface area contributed by atoms with E-state index in [1.54, 1.807) is 4.90 Å². The van der Waals surface area contributed by atoms with Gasteiger partial charge in [0, 0.05) is 13.1 Å². The second-order valence-corrected chi connectivity index (χ2v) is 4.93. The van der Waals surface area contributed by atoms with Gasteiger partial charge in [0.1, 0.15) is 11.6 Å². The molecular formula is C12H16F3N5O. The maximum atomic E-state index is 12.9. The predicted octanol–water partition coefficient (Wildman–Crippen LogP) is 1.09. The average molecular weight is 303 g/mol. The number of amides is 1. The van der Waals surface area contributed by atoms with Gasteiger partial charge in [0.25, 0.3) is 0 Å². The Kier molecular flexibility index (Phi) is 4.21. The highest BCUT2D eigenvalue weighted by Crippen LogP contribution is 2.33. The van der Waals surface area contributed by atoms with Crippen molar-refractivity contribution in [2.24, 2.45) is 17.5 Å². The summed E-state index contributed by atoms with van der Waals surface area (Å²) in [6.07, 6.45) is -3.20. The fraction of sp³-hybridized carbons (Fsp3) is 0.500. The van der Waals surface area contributed by atoms with Crippen LogP contribution in [-0.4, -0.2) is 24.0 Å². The van der Waals surface area contributed by atoms with Gasteiger partial charge in [-0.2, -0.15) is 13.2 Å². The lowest BCUT2D eigenvalue weighted by atomic mass is 9.97. The van der Waals surface area contributed by atoms with Crippen molar-refractivity contribution in [1.82, 2.24) is 4.98 Å². The molecule has 1 aliphatic heterocycles. The Bertz CT molecular complexity index is 534. The number of nitrogens with zero attached hydrogens (tertiary/aromatic N) is 2. The number of nitrogen functional groups attached to an aromatic ring is 1. The maximum Gasteiger partial charge on any atom is 0.416 e. The molecule has 2 rings (SSSR count). The van der Waals surface area contributed by atoms with E-state index in [2.05, 4.69) is 10.4 Å². The summed E-state index contributed by atoms with van der Waals surface area (Å²) in [5.41, 5.74) is 6.54. The quantitative estimate of drug-likeness (QED) is 0.573. The summed E-state index contributed by atoms with van der Waals surface area (Å²) in [5.74, 6) is 4.37. The molecule has 9 heteroatoms. The van der Waals surface area contributed by atoms with Crippen LogP contribution in [0.5, 0.6) is 0 Å². The number of piperidine rings is 1. The van der Waals surface area contributed by atoms with Crippen LogP contribution >= 0.6 is 0 Å². The van der Waals surface area contributed by atoms with Crippen molar-refractivity contribution in [2.75, 3.05) is 23.4 Å². The van der Waals surface area contributed by atoms with E-state index in [1.165, 1.54) is 0 Å². The largest absolute Gasteiger partial charge is 0.416 e. The third kappa shape index (κ3) is 3.54. The topological polar surface area (TPSA) is 97.3 Å². The normalized spacial score (nSPS) is 19.4. The molecule has 1 aromatic rings. The standard InChI is InChI=1S/C12H16F3N5O/c13-12(14,15)8-4-9(19-17)18-10(5-8)20-3-1-2-7(6-20)11(16)21/h4-5,7H,1-3,6,17H2,(H2,16,21)(H,18,19). The molecular weight excluding hydrogens is 287 g/mol. The molecule has 6 nitrogen and oxygen atoms in total. The molecule has 1 saturated heterocycles. The second kappa shape index (κ2) is 5.76. The second-order valence-electron chi connectivity index (χ2n) is 4.93. The minimum absolute atomic E-state index is 0.0824. The molecule has 1 aliphatic rings. The van der Waals surface area contributed by atoms with E-state index in [-0.39, 0.29) is 24.1 Å². The summed E-state index contributed by atoms with van der Waals surface area (Å²) in [6, 6.07) is 1.78. The van der Waals surface area contributed by atoms with Gasteiger partial charge in [-0.05, 0) is 25.0 Å². The first kappa shape index (κ1) is 15.4. The van der Waals surface area contributed by atoms with E-state index in [1.807, 2.05) is 0 Å². The van der Waals surface area contributed by atoms with Crippen LogP contribution in [0.25, 0.3) is 0 Å². The monoisotopic (exact) mass is 303 g/mol. The summed E-state index contributed by atoms with van der Waals surface area (Å²) in [6.45, 7) is 0.774. The van der Waals surface area contributed by atoms with Gasteiger partial charge in [0.05, 0.1) is 11.5 Å². The predicted molar refractivity (Wildman–Crippen MR) is 71.2 cm³/mol. The van der Waals surface area contributed by atoms with Gasteiger partial charge < -0.3 is 16.1 Å². The lowest BCUT2D eigenvalue weighted by molar-refractivity contribution is -0.137. The van der Waals surface area contributed by atoms with Gasteiger partial charge in [-0.3, -0.25) is 4.79 Å². The van der Waals surface area contributed by atoms with Crippen molar-refractivity contribution < 1.29 is 18.0 Å². The number of nitrogens with one attached hydrogen (secondary N) is 1. The molecule has 0 radical (unpaired) electrons. The van der Waals surface area contributed by atoms with Crippen molar-refractivity contribution in [3.05, 3.63) is 17.7 Å². The van der Waals surface area contributed by atoms with Crippen LogP contribution in [0.2, 0.25) is 0 Å². The minimum Gasteiger partial charge on any atom is -0.369 e. The van der Waals surface area contributed by atoms with Crippen LogP contribution in [0.3, 0.4) is 0 Å². The zero-order chi connectivity index (χ0) is 15.6. The van der Waals surface area contributed by atoms with E-state index >= 15 is 0 Å². The Morgan fingerprint density at radius 2 is 2.14 bits per heavy atom. The number of rotatable bonds is 3. The number of hydrogen-bond acceptors (Lipinski definition) is 5. The van der Waals surface area contributed by atoms with E-state index in [9.17, 15) is 18.0 Å². The highest BCUT2D eigenvalue weighted by molar-refractivity contribution is 5.77. The van der Waals surface area contributed by atoms with Gasteiger partial charge in [0.2, 0.25) is 5.91 Å². The minimum atomic E-state index is -4.50. The SMILES string of the molecule is NNc1cc(C(F)(F)F)cc(N2CCCC(C(N)=O)C2)n1. The summed E-state index contributed by atoms with van der Waals surface area (Å²) >= 11 is 0. The summed E-state index contributed by atoms with van der Waals surface area (Å²) in [4.78, 5) is 16.9. The Labute approximate surface area is 119 Å². The molecule has 0 spiro atoms. The van der Waals surface area contributed by atoms with Crippen LogP contribution < -0.4 is 21.9 Å². The molecule has 21 heavy (non-hydrogen) atoms. The zero-order valence-corrected chi connectivity index (χ0v) is 11.2. The van der Waals surface area contributed by atoms with Gasteiger partial charge in [-0.1, -0.05) is 0 Å². The lowest BCUT2D eigenvalue weighted by Crippen LogP contribution is -2.41. The molecule has 0 aromatic carbocycles. The third-order valence-corrected chi connectivity index (χ3v) is 3.43. The molecule has 1 unspecified atom stereocenters. The van der Waals surface area contributed by atoms with Crippen molar-refractivity contribution in [2.45, 2.75) is 19.0 Å². The summed E-state index contributed by atoms with van der Waals surface area (Å²) in [7, 11) is 0. The highest BCUT2D eigenvalue weighted by Gasteiger charge is 2.33. The number of hydrazine groups is 1.